The predicted octanol–water partition coefficient (Wildman–Crippen LogP) is 6.53. The number of aliphatic hydroxyl groups excluding tert-OH is 1. The lowest BCUT2D eigenvalue weighted by Crippen LogP contribution is -2.34. The Kier molecular flexibility index (Phi) is 9.52. The molecule has 0 bridgehead atoms. The standard InChI is InChI=1S/C33H40O6/c1-39-32-19-25(12-14-30(32)37)24(11-10-23-8-4-2-5-9-23)18-27(34)21-28(35)22-33(16-6-3-7-17-33)26-13-15-29(36)31(38)20-26/h2,4-5,8-9,12-15,19-20,24,28,35-38H,3,6-7,10-11,16-18,21-22H2,1H3/t24-,28+/m1/s1. The van der Waals surface area contributed by atoms with E-state index in [4.69, 9.17) is 4.74 Å². The number of ether oxygens (including phenoxy) is 1. The van der Waals surface area contributed by atoms with Crippen LogP contribution in [0.3, 0.4) is 0 Å². The van der Waals surface area contributed by atoms with Crippen molar-refractivity contribution in [2.75, 3.05) is 7.11 Å². The summed E-state index contributed by atoms with van der Waals surface area (Å²) in [4.78, 5) is 13.3. The molecule has 3 aromatic rings. The number of Topliss-reactive ketones (excluding diaryl/α,β-unsaturated/α-hetero) is 1. The summed E-state index contributed by atoms with van der Waals surface area (Å²) in [6, 6.07) is 20.3. The molecule has 0 aliphatic heterocycles. The van der Waals surface area contributed by atoms with Crippen LogP contribution in [-0.2, 0) is 16.6 Å². The molecule has 3 aromatic carbocycles. The van der Waals surface area contributed by atoms with Gasteiger partial charge in [0.15, 0.2) is 23.0 Å². The molecule has 0 radical (unpaired) electrons. The monoisotopic (exact) mass is 532 g/mol. The topological polar surface area (TPSA) is 107 Å². The average molecular weight is 533 g/mol. The third-order valence-electron chi connectivity index (χ3n) is 8.26. The van der Waals surface area contributed by atoms with Gasteiger partial charge in [-0.15, -0.1) is 0 Å². The first kappa shape index (κ1) is 28.5. The van der Waals surface area contributed by atoms with Gasteiger partial charge in [-0.25, -0.2) is 0 Å². The van der Waals surface area contributed by atoms with Gasteiger partial charge in [-0.1, -0.05) is 61.7 Å². The van der Waals surface area contributed by atoms with Crippen LogP contribution in [0.2, 0.25) is 0 Å². The number of phenols is 3. The smallest absolute Gasteiger partial charge is 0.160 e. The van der Waals surface area contributed by atoms with Gasteiger partial charge in [-0.3, -0.25) is 4.79 Å². The Morgan fingerprint density at radius 1 is 0.872 bits per heavy atom. The van der Waals surface area contributed by atoms with Gasteiger partial charge in [-0.2, -0.15) is 0 Å². The summed E-state index contributed by atoms with van der Waals surface area (Å²) >= 11 is 0. The first-order valence-electron chi connectivity index (χ1n) is 13.9. The van der Waals surface area contributed by atoms with Crippen molar-refractivity contribution in [1.82, 2.24) is 0 Å². The molecule has 0 unspecified atom stereocenters. The van der Waals surface area contributed by atoms with Gasteiger partial charge in [-0.05, 0) is 84.4 Å². The van der Waals surface area contributed by atoms with E-state index in [1.165, 1.54) is 18.7 Å². The number of ketones is 1. The summed E-state index contributed by atoms with van der Waals surface area (Å²) < 4.78 is 5.31. The van der Waals surface area contributed by atoms with Gasteiger partial charge in [0.1, 0.15) is 5.78 Å². The number of methoxy groups -OCH3 is 1. The molecule has 0 amide bonds. The fourth-order valence-corrected chi connectivity index (χ4v) is 6.16. The molecule has 0 spiro atoms. The van der Waals surface area contributed by atoms with E-state index in [9.17, 15) is 25.2 Å². The minimum Gasteiger partial charge on any atom is -0.504 e. The lowest BCUT2D eigenvalue weighted by atomic mass is 9.66. The molecule has 0 aromatic heterocycles. The van der Waals surface area contributed by atoms with Crippen LogP contribution in [-0.4, -0.2) is 39.4 Å². The molecule has 2 atom stereocenters. The third-order valence-corrected chi connectivity index (χ3v) is 8.26. The molecular weight excluding hydrogens is 492 g/mol. The van der Waals surface area contributed by atoms with Crippen molar-refractivity contribution in [3.63, 3.8) is 0 Å². The number of carbonyl (C=O) groups is 1. The minimum atomic E-state index is -0.810. The van der Waals surface area contributed by atoms with Crippen molar-refractivity contribution in [3.8, 4) is 23.0 Å². The van der Waals surface area contributed by atoms with Crippen molar-refractivity contribution in [3.05, 3.63) is 83.4 Å². The van der Waals surface area contributed by atoms with E-state index in [0.29, 0.717) is 12.2 Å². The zero-order valence-electron chi connectivity index (χ0n) is 22.7. The Morgan fingerprint density at radius 2 is 1.59 bits per heavy atom. The number of benzene rings is 3. The molecular formula is C33H40O6. The molecule has 6 nitrogen and oxygen atoms in total. The first-order valence-corrected chi connectivity index (χ1v) is 13.9. The van der Waals surface area contributed by atoms with Crippen molar-refractivity contribution in [2.45, 2.75) is 81.6 Å². The second kappa shape index (κ2) is 13.0. The van der Waals surface area contributed by atoms with E-state index >= 15 is 0 Å². The van der Waals surface area contributed by atoms with Crippen LogP contribution in [0, 0.1) is 0 Å². The second-order valence-corrected chi connectivity index (χ2v) is 11.0. The SMILES string of the molecule is COc1cc([C@H](CCc2ccccc2)CC(=O)C[C@H](O)CC2(c3ccc(O)c(O)c3)CCCCC2)ccc1O. The highest BCUT2D eigenvalue weighted by molar-refractivity contribution is 5.79. The van der Waals surface area contributed by atoms with Crippen LogP contribution in [0.4, 0.5) is 0 Å². The van der Waals surface area contributed by atoms with Crippen molar-refractivity contribution in [1.29, 1.82) is 0 Å². The quantitative estimate of drug-likeness (QED) is 0.198. The number of carbonyl (C=O) groups excluding carboxylic acids is 1. The Morgan fingerprint density at radius 3 is 2.28 bits per heavy atom. The molecule has 4 rings (SSSR count). The summed E-state index contributed by atoms with van der Waals surface area (Å²) in [6.45, 7) is 0. The van der Waals surface area contributed by atoms with E-state index < -0.39 is 6.10 Å². The van der Waals surface area contributed by atoms with Crippen LogP contribution in [0.25, 0.3) is 0 Å². The number of aliphatic hydroxyl groups is 1. The summed E-state index contributed by atoms with van der Waals surface area (Å²) in [6.07, 6.45) is 6.42. The number of hydrogen-bond donors (Lipinski definition) is 4. The number of hydrogen-bond acceptors (Lipinski definition) is 6. The predicted molar refractivity (Wildman–Crippen MR) is 152 cm³/mol. The van der Waals surface area contributed by atoms with Gasteiger partial charge in [0.25, 0.3) is 0 Å². The molecule has 6 heteroatoms. The average Bonchev–Trinajstić information content (AvgIpc) is 2.93. The molecule has 4 N–H and O–H groups in total. The highest BCUT2D eigenvalue weighted by Crippen LogP contribution is 2.45. The number of aryl methyl sites for hydroxylation is 1. The van der Waals surface area contributed by atoms with E-state index in [0.717, 1.165) is 56.1 Å². The van der Waals surface area contributed by atoms with Crippen molar-refractivity contribution in [2.24, 2.45) is 0 Å². The maximum atomic E-state index is 13.3. The largest absolute Gasteiger partial charge is 0.504 e. The second-order valence-electron chi connectivity index (χ2n) is 11.0. The van der Waals surface area contributed by atoms with Crippen LogP contribution in [0.1, 0.15) is 80.4 Å². The minimum absolute atomic E-state index is 0.00730. The summed E-state index contributed by atoms with van der Waals surface area (Å²) in [5, 5.41) is 41.2. The van der Waals surface area contributed by atoms with E-state index in [2.05, 4.69) is 12.1 Å². The summed E-state index contributed by atoms with van der Waals surface area (Å²) in [7, 11) is 1.51. The van der Waals surface area contributed by atoms with Gasteiger partial charge >= 0.3 is 0 Å². The molecule has 0 heterocycles. The maximum Gasteiger partial charge on any atom is 0.160 e. The molecule has 1 fully saturated rings. The molecule has 1 saturated carbocycles. The van der Waals surface area contributed by atoms with Gasteiger partial charge in [0.05, 0.1) is 13.2 Å². The third kappa shape index (κ3) is 7.33. The van der Waals surface area contributed by atoms with Crippen molar-refractivity contribution < 1.29 is 30.0 Å². The lowest BCUT2D eigenvalue weighted by molar-refractivity contribution is -0.121. The zero-order chi connectivity index (χ0) is 27.8. The van der Waals surface area contributed by atoms with Crippen LogP contribution < -0.4 is 4.74 Å². The van der Waals surface area contributed by atoms with Crippen LogP contribution >= 0.6 is 0 Å². The van der Waals surface area contributed by atoms with Gasteiger partial charge in [0.2, 0.25) is 0 Å². The Bertz CT molecular complexity index is 1230. The number of phenolic OH excluding ortho intramolecular Hbond substituents is 3. The highest BCUT2D eigenvalue weighted by Gasteiger charge is 2.37. The fourth-order valence-electron chi connectivity index (χ4n) is 6.16. The zero-order valence-corrected chi connectivity index (χ0v) is 22.7. The number of aromatic hydroxyl groups is 3. The lowest BCUT2D eigenvalue weighted by Gasteiger charge is -2.39. The van der Waals surface area contributed by atoms with E-state index in [-0.39, 0.29) is 47.2 Å². The molecule has 1 aliphatic rings. The van der Waals surface area contributed by atoms with Gasteiger partial charge < -0.3 is 25.2 Å². The Balaban J connectivity index is 1.47. The van der Waals surface area contributed by atoms with E-state index in [1.54, 1.807) is 18.2 Å². The Labute approximate surface area is 230 Å². The fraction of sp³-hybridized carbons (Fsp3) is 0.424. The van der Waals surface area contributed by atoms with Crippen LogP contribution in [0.5, 0.6) is 23.0 Å². The molecule has 39 heavy (non-hydrogen) atoms. The molecule has 208 valence electrons. The molecule has 1 aliphatic carbocycles. The molecule has 0 saturated heterocycles. The van der Waals surface area contributed by atoms with Gasteiger partial charge in [0, 0.05) is 12.8 Å². The summed E-state index contributed by atoms with van der Waals surface area (Å²) in [5.74, 6) is 0.0228. The van der Waals surface area contributed by atoms with Crippen molar-refractivity contribution >= 4 is 5.78 Å². The Hall–Kier alpha value is -3.51. The van der Waals surface area contributed by atoms with Crippen LogP contribution in [0.15, 0.2) is 66.7 Å². The maximum absolute atomic E-state index is 13.3. The summed E-state index contributed by atoms with van der Waals surface area (Å²) in [5.41, 5.74) is 2.69. The number of rotatable bonds is 12. The normalized spacial score (nSPS) is 16.4. The van der Waals surface area contributed by atoms with E-state index in [1.807, 2.05) is 30.3 Å². The highest BCUT2D eigenvalue weighted by atomic mass is 16.5. The first-order chi connectivity index (χ1) is 18.8.